The minimum atomic E-state index is 0.902. The van der Waals surface area contributed by atoms with Gasteiger partial charge in [-0.05, 0) is 71.1 Å². The molecule has 1 aliphatic rings. The highest BCUT2D eigenvalue weighted by molar-refractivity contribution is 9.10. The van der Waals surface area contributed by atoms with Gasteiger partial charge >= 0.3 is 0 Å². The van der Waals surface area contributed by atoms with Crippen LogP contribution >= 0.6 is 15.9 Å². The maximum absolute atomic E-state index is 4.71. The minimum absolute atomic E-state index is 0.902. The van der Waals surface area contributed by atoms with Crippen molar-refractivity contribution in [2.24, 2.45) is 0 Å². The third-order valence-corrected chi connectivity index (χ3v) is 5.00. The number of rotatable bonds is 2. The highest BCUT2D eigenvalue weighted by Gasteiger charge is 2.20. The quantitative estimate of drug-likeness (QED) is 0.655. The van der Waals surface area contributed by atoms with Gasteiger partial charge in [0.1, 0.15) is 4.60 Å². The first-order valence-electron chi connectivity index (χ1n) is 7.54. The molecule has 0 atom stereocenters. The molecule has 4 rings (SSSR count). The van der Waals surface area contributed by atoms with Crippen LogP contribution in [-0.4, -0.2) is 21.1 Å². The van der Waals surface area contributed by atoms with Crippen LogP contribution in [0.25, 0.3) is 5.52 Å². The molecule has 0 saturated carbocycles. The van der Waals surface area contributed by atoms with Crippen LogP contribution in [-0.2, 0) is 13.0 Å². The Kier molecular flexibility index (Phi) is 3.37. The summed E-state index contributed by atoms with van der Waals surface area (Å²) < 4.78 is 2.90. The molecule has 0 aromatic carbocycles. The van der Waals surface area contributed by atoms with Gasteiger partial charge in [0.25, 0.3) is 0 Å². The summed E-state index contributed by atoms with van der Waals surface area (Å²) in [5.74, 6) is 0. The summed E-state index contributed by atoms with van der Waals surface area (Å²) in [6, 6.07) is 8.52. The first-order valence-corrected chi connectivity index (χ1v) is 8.33. The van der Waals surface area contributed by atoms with Crippen LogP contribution < -0.4 is 4.90 Å². The highest BCUT2D eigenvalue weighted by atomic mass is 79.9. The van der Waals surface area contributed by atoms with Gasteiger partial charge < -0.3 is 4.90 Å². The van der Waals surface area contributed by atoms with E-state index in [0.717, 1.165) is 36.1 Å². The van der Waals surface area contributed by atoms with E-state index in [0.29, 0.717) is 0 Å². The number of hydrogen-bond acceptors (Lipinski definition) is 3. The molecule has 112 valence electrons. The second-order valence-corrected chi connectivity index (χ2v) is 6.58. The maximum atomic E-state index is 4.71. The lowest BCUT2D eigenvalue weighted by Gasteiger charge is -2.31. The number of nitrogens with zero attached hydrogens (tertiary/aromatic N) is 4. The third kappa shape index (κ3) is 2.39. The first-order chi connectivity index (χ1) is 10.7. The second kappa shape index (κ2) is 5.39. The van der Waals surface area contributed by atoms with E-state index >= 15 is 0 Å². The molecule has 0 N–H and O–H groups in total. The molecular formula is C17H17BrN4. The van der Waals surface area contributed by atoms with Crippen molar-refractivity contribution in [2.45, 2.75) is 26.3 Å². The van der Waals surface area contributed by atoms with Crippen molar-refractivity contribution < 1.29 is 0 Å². The lowest BCUT2D eigenvalue weighted by Crippen LogP contribution is -2.29. The molecule has 4 nitrogen and oxygen atoms in total. The molecule has 22 heavy (non-hydrogen) atoms. The normalized spacial score (nSPS) is 14.4. The lowest BCUT2D eigenvalue weighted by molar-refractivity contribution is 0.674. The van der Waals surface area contributed by atoms with E-state index in [1.54, 1.807) is 0 Å². The van der Waals surface area contributed by atoms with E-state index in [1.165, 1.54) is 22.5 Å². The van der Waals surface area contributed by atoms with Crippen LogP contribution in [0.15, 0.2) is 41.3 Å². The molecule has 4 heterocycles. The van der Waals surface area contributed by atoms with Crippen molar-refractivity contribution in [2.75, 3.05) is 11.4 Å². The molecule has 0 unspecified atom stereocenters. The van der Waals surface area contributed by atoms with Crippen LogP contribution in [0.1, 0.15) is 23.2 Å². The number of hydrogen-bond donors (Lipinski definition) is 0. The minimum Gasteiger partial charge on any atom is -0.366 e. The number of pyridine rings is 1. The maximum Gasteiger partial charge on any atom is 0.109 e. The van der Waals surface area contributed by atoms with Gasteiger partial charge in [0, 0.05) is 25.5 Å². The van der Waals surface area contributed by atoms with Gasteiger partial charge in [0.05, 0.1) is 16.9 Å². The molecule has 0 aliphatic carbocycles. The summed E-state index contributed by atoms with van der Waals surface area (Å²) in [6.45, 7) is 4.08. The van der Waals surface area contributed by atoms with E-state index in [4.69, 9.17) is 4.98 Å². The number of fused-ring (bicyclic) bond motifs is 2. The topological polar surface area (TPSA) is 33.4 Å². The molecular weight excluding hydrogens is 340 g/mol. The van der Waals surface area contributed by atoms with Crippen molar-refractivity contribution >= 4 is 27.1 Å². The summed E-state index contributed by atoms with van der Waals surface area (Å²) in [4.78, 5) is 7.14. The van der Waals surface area contributed by atoms with E-state index < -0.39 is 0 Å². The number of anilines is 1. The Morgan fingerprint density at radius 2 is 2.23 bits per heavy atom. The van der Waals surface area contributed by atoms with Crippen molar-refractivity contribution in [3.8, 4) is 0 Å². The number of halogens is 1. The Hall–Kier alpha value is -1.88. The van der Waals surface area contributed by atoms with Gasteiger partial charge in [-0.2, -0.15) is 5.10 Å². The first kappa shape index (κ1) is 13.8. The summed E-state index contributed by atoms with van der Waals surface area (Å²) >= 11 is 3.54. The van der Waals surface area contributed by atoms with Crippen LogP contribution in [0.2, 0.25) is 0 Å². The van der Waals surface area contributed by atoms with Crippen molar-refractivity contribution in [1.82, 2.24) is 14.6 Å². The van der Waals surface area contributed by atoms with Gasteiger partial charge in [-0.25, -0.2) is 9.50 Å². The van der Waals surface area contributed by atoms with Crippen LogP contribution in [0.4, 0.5) is 5.69 Å². The van der Waals surface area contributed by atoms with Gasteiger partial charge in [-0.3, -0.25) is 0 Å². The average Bonchev–Trinajstić information content (AvgIpc) is 2.91. The van der Waals surface area contributed by atoms with Crippen LogP contribution in [0.3, 0.4) is 0 Å². The second-order valence-electron chi connectivity index (χ2n) is 5.83. The van der Waals surface area contributed by atoms with Crippen LogP contribution in [0.5, 0.6) is 0 Å². The van der Waals surface area contributed by atoms with E-state index in [9.17, 15) is 0 Å². The zero-order valence-electron chi connectivity index (χ0n) is 12.5. The summed E-state index contributed by atoms with van der Waals surface area (Å²) in [5.41, 5.74) is 6.09. The molecule has 0 fully saturated rings. The highest BCUT2D eigenvalue weighted by Crippen LogP contribution is 2.30. The molecule has 3 aromatic rings. The SMILES string of the molecule is Cc1cc2c(nc1Br)CCCN2Cc1cc2cccnn2c1. The fraction of sp³-hybridized carbons (Fsp3) is 0.294. The van der Waals surface area contributed by atoms with Gasteiger partial charge in [-0.1, -0.05) is 0 Å². The Labute approximate surface area is 137 Å². The zero-order chi connectivity index (χ0) is 15.1. The fourth-order valence-electron chi connectivity index (χ4n) is 3.10. The summed E-state index contributed by atoms with van der Waals surface area (Å²) in [5, 5.41) is 4.34. The smallest absolute Gasteiger partial charge is 0.109 e. The number of aryl methyl sites for hydroxylation is 2. The zero-order valence-corrected chi connectivity index (χ0v) is 14.0. The molecule has 5 heteroatoms. The van der Waals surface area contributed by atoms with Gasteiger partial charge in [-0.15, -0.1) is 0 Å². The largest absolute Gasteiger partial charge is 0.366 e. The number of aromatic nitrogens is 3. The summed E-state index contributed by atoms with van der Waals surface area (Å²) in [6.07, 6.45) is 6.14. The average molecular weight is 357 g/mol. The van der Waals surface area contributed by atoms with E-state index in [-0.39, 0.29) is 0 Å². The lowest BCUT2D eigenvalue weighted by atomic mass is 10.1. The predicted molar refractivity (Wildman–Crippen MR) is 91.2 cm³/mol. The molecule has 1 aliphatic heterocycles. The molecule has 0 saturated heterocycles. The van der Waals surface area contributed by atoms with Crippen molar-refractivity contribution in [1.29, 1.82) is 0 Å². The van der Waals surface area contributed by atoms with Crippen molar-refractivity contribution in [3.05, 3.63) is 58.1 Å². The molecule has 0 radical (unpaired) electrons. The standard InChI is InChI=1S/C17H17BrN4/c1-12-8-16-15(20-17(12)18)5-3-7-21(16)10-13-9-14-4-2-6-19-22(14)11-13/h2,4,6,8-9,11H,3,5,7,10H2,1H3. The van der Waals surface area contributed by atoms with E-state index in [1.807, 2.05) is 16.8 Å². The monoisotopic (exact) mass is 356 g/mol. The third-order valence-electron chi connectivity index (χ3n) is 4.19. The molecule has 0 spiro atoms. The Balaban J connectivity index is 1.68. The fourth-order valence-corrected chi connectivity index (χ4v) is 3.43. The molecule has 3 aromatic heterocycles. The van der Waals surface area contributed by atoms with Gasteiger partial charge in [0.15, 0.2) is 0 Å². The van der Waals surface area contributed by atoms with Crippen molar-refractivity contribution in [3.63, 3.8) is 0 Å². The van der Waals surface area contributed by atoms with Crippen LogP contribution in [0, 0.1) is 6.92 Å². The predicted octanol–water partition coefficient (Wildman–Crippen LogP) is 3.75. The van der Waals surface area contributed by atoms with Gasteiger partial charge in [0.2, 0.25) is 0 Å². The van der Waals surface area contributed by atoms with E-state index in [2.05, 4.69) is 57.2 Å². The molecule has 0 amide bonds. The Bertz CT molecular complexity index is 807. The Morgan fingerprint density at radius 1 is 1.32 bits per heavy atom. The molecule has 0 bridgehead atoms. The summed E-state index contributed by atoms with van der Waals surface area (Å²) in [7, 11) is 0. The Morgan fingerprint density at radius 3 is 3.09 bits per heavy atom.